The van der Waals surface area contributed by atoms with E-state index in [1.165, 1.54) is 22.0 Å². The van der Waals surface area contributed by atoms with Crippen molar-refractivity contribution in [2.24, 2.45) is 5.73 Å². The van der Waals surface area contributed by atoms with E-state index in [0.29, 0.717) is 37.9 Å². The summed E-state index contributed by atoms with van der Waals surface area (Å²) in [5.41, 5.74) is 7.53. The molecule has 0 saturated carbocycles. The molecule has 4 amide bonds. The number of nitrogens with one attached hydrogen (secondary N) is 1. The van der Waals surface area contributed by atoms with Crippen LogP contribution >= 0.6 is 0 Å². The molecule has 204 valence electrons. The number of rotatable bonds is 10. The molecule has 9 nitrogen and oxygen atoms in total. The Balaban J connectivity index is 1.54. The molecule has 2 saturated heterocycles. The van der Waals surface area contributed by atoms with E-state index in [1.54, 1.807) is 17.0 Å². The second-order valence-electron chi connectivity index (χ2n) is 9.52. The predicted molar refractivity (Wildman–Crippen MR) is 137 cm³/mol. The van der Waals surface area contributed by atoms with Crippen LogP contribution in [0.2, 0.25) is 0 Å². The topological polar surface area (TPSA) is 102 Å². The Bertz CT molecular complexity index is 1100. The number of nitrogens with zero attached hydrogens (tertiary/aromatic N) is 4. The fraction of sp³-hybridized carbons (Fsp3) is 0.444. The zero-order valence-corrected chi connectivity index (χ0v) is 21.3. The molecular weight excluding hydrogens is 494 g/mol. The van der Waals surface area contributed by atoms with Gasteiger partial charge in [-0.2, -0.15) is 5.01 Å². The number of urea groups is 1. The smallest absolute Gasteiger partial charge is 0.334 e. The lowest BCUT2D eigenvalue weighted by molar-refractivity contribution is -0.195. The van der Waals surface area contributed by atoms with Crippen LogP contribution in [-0.4, -0.2) is 82.8 Å². The minimum Gasteiger partial charge on any atom is -0.337 e. The molecule has 0 aliphatic carbocycles. The zero-order chi connectivity index (χ0) is 27.1. The molecular formula is C27H34F2N6O3. The standard InChI is InChI=1S/C27H34F2N6O3/c28-19-33-18-25(36)34-23(9-4-14-30)26(37)32(15-5-8-20-6-2-1-3-7-20)17-24(34)35(33)27(38)31-16-21-10-12-22(29)13-11-21/h1-3,6-7,10-13,23-24H,4-5,8-9,14-19,30H2,(H,31,38)/t23-,24-/m0/s1. The monoisotopic (exact) mass is 528 g/mol. The van der Waals surface area contributed by atoms with Crippen molar-refractivity contribution in [3.05, 3.63) is 71.5 Å². The molecule has 0 unspecified atom stereocenters. The molecule has 38 heavy (non-hydrogen) atoms. The number of aryl methyl sites for hydroxylation is 1. The fourth-order valence-electron chi connectivity index (χ4n) is 5.07. The molecule has 4 rings (SSSR count). The zero-order valence-electron chi connectivity index (χ0n) is 21.3. The molecule has 0 spiro atoms. The molecule has 2 atom stereocenters. The summed E-state index contributed by atoms with van der Waals surface area (Å²) < 4.78 is 27.3. The van der Waals surface area contributed by atoms with Gasteiger partial charge in [-0.15, -0.1) is 0 Å². The van der Waals surface area contributed by atoms with Crippen molar-refractivity contribution in [3.63, 3.8) is 0 Å². The summed E-state index contributed by atoms with van der Waals surface area (Å²) in [5.74, 6) is -0.984. The molecule has 2 aromatic carbocycles. The van der Waals surface area contributed by atoms with Gasteiger partial charge in [0.15, 0.2) is 6.80 Å². The molecule has 0 radical (unpaired) electrons. The van der Waals surface area contributed by atoms with Gasteiger partial charge >= 0.3 is 6.03 Å². The number of carbonyl (C=O) groups is 3. The van der Waals surface area contributed by atoms with Gasteiger partial charge in [0, 0.05) is 13.1 Å². The third-order valence-corrected chi connectivity index (χ3v) is 6.95. The van der Waals surface area contributed by atoms with Gasteiger partial charge < -0.3 is 20.9 Å². The summed E-state index contributed by atoms with van der Waals surface area (Å²) in [7, 11) is 0. The Morgan fingerprint density at radius 1 is 1.03 bits per heavy atom. The van der Waals surface area contributed by atoms with Gasteiger partial charge in [-0.1, -0.05) is 42.5 Å². The second kappa shape index (κ2) is 12.8. The quantitative estimate of drug-likeness (QED) is 0.461. The van der Waals surface area contributed by atoms with Crippen molar-refractivity contribution >= 4 is 17.8 Å². The summed E-state index contributed by atoms with van der Waals surface area (Å²) in [4.78, 5) is 43.1. The van der Waals surface area contributed by atoms with E-state index >= 15 is 0 Å². The van der Waals surface area contributed by atoms with Crippen LogP contribution in [0.5, 0.6) is 0 Å². The highest BCUT2D eigenvalue weighted by molar-refractivity contribution is 5.91. The highest BCUT2D eigenvalue weighted by atomic mass is 19.1. The van der Waals surface area contributed by atoms with Crippen molar-refractivity contribution in [1.82, 2.24) is 25.1 Å². The lowest BCUT2D eigenvalue weighted by Crippen LogP contribution is -2.76. The van der Waals surface area contributed by atoms with E-state index < -0.39 is 36.8 Å². The Kier molecular flexibility index (Phi) is 9.24. The number of hydrogen-bond donors (Lipinski definition) is 2. The molecule has 2 aliphatic rings. The van der Waals surface area contributed by atoms with Crippen LogP contribution < -0.4 is 11.1 Å². The third kappa shape index (κ3) is 6.28. The average molecular weight is 529 g/mol. The Hall–Kier alpha value is -3.57. The van der Waals surface area contributed by atoms with Gasteiger partial charge in [-0.05, 0) is 55.5 Å². The van der Waals surface area contributed by atoms with Crippen LogP contribution in [0.3, 0.4) is 0 Å². The number of halogens is 2. The number of hydrazine groups is 1. The van der Waals surface area contributed by atoms with E-state index in [-0.39, 0.29) is 25.5 Å². The summed E-state index contributed by atoms with van der Waals surface area (Å²) in [6.45, 7) is -0.465. The van der Waals surface area contributed by atoms with Crippen LogP contribution in [0.1, 0.15) is 30.4 Å². The number of amides is 4. The van der Waals surface area contributed by atoms with E-state index in [0.717, 1.165) is 17.0 Å². The van der Waals surface area contributed by atoms with E-state index in [9.17, 15) is 23.2 Å². The molecule has 0 aromatic heterocycles. The lowest BCUT2D eigenvalue weighted by atomic mass is 10.0. The minimum atomic E-state index is -1.05. The van der Waals surface area contributed by atoms with Crippen LogP contribution in [0.15, 0.2) is 54.6 Å². The Labute approximate surface area is 221 Å². The van der Waals surface area contributed by atoms with Crippen LogP contribution in [0, 0.1) is 5.82 Å². The van der Waals surface area contributed by atoms with Crippen LogP contribution in [-0.2, 0) is 22.6 Å². The SMILES string of the molecule is NCCC[C@H]1C(=O)N(CCCc2ccccc2)C[C@H]2N1C(=O)CN(CF)N2C(=O)NCc1ccc(F)cc1. The highest BCUT2D eigenvalue weighted by Gasteiger charge is 2.51. The highest BCUT2D eigenvalue weighted by Crippen LogP contribution is 2.28. The maximum absolute atomic E-state index is 14.1. The number of benzene rings is 2. The fourth-order valence-corrected chi connectivity index (χ4v) is 5.07. The first-order chi connectivity index (χ1) is 18.4. The first kappa shape index (κ1) is 27.5. The van der Waals surface area contributed by atoms with Crippen molar-refractivity contribution < 1.29 is 23.2 Å². The van der Waals surface area contributed by atoms with Gasteiger partial charge in [-0.25, -0.2) is 18.6 Å². The number of piperazine rings is 1. The molecule has 11 heteroatoms. The summed E-state index contributed by atoms with van der Waals surface area (Å²) >= 11 is 0. The lowest BCUT2D eigenvalue weighted by Gasteiger charge is -2.54. The first-order valence-corrected chi connectivity index (χ1v) is 12.9. The van der Waals surface area contributed by atoms with Gasteiger partial charge in [0.05, 0.1) is 6.54 Å². The number of alkyl halides is 1. The van der Waals surface area contributed by atoms with Gasteiger partial charge in [0.25, 0.3) is 0 Å². The van der Waals surface area contributed by atoms with Gasteiger partial charge in [-0.3, -0.25) is 9.59 Å². The molecule has 2 heterocycles. The molecule has 2 aromatic rings. The number of hydrogen-bond acceptors (Lipinski definition) is 5. The minimum absolute atomic E-state index is 0.0684. The Morgan fingerprint density at radius 3 is 2.45 bits per heavy atom. The normalized spacial score (nSPS) is 20.0. The van der Waals surface area contributed by atoms with Crippen molar-refractivity contribution in [3.8, 4) is 0 Å². The van der Waals surface area contributed by atoms with E-state index in [1.807, 2.05) is 30.3 Å². The molecule has 0 bridgehead atoms. The average Bonchev–Trinajstić information content (AvgIpc) is 2.93. The first-order valence-electron chi connectivity index (χ1n) is 12.9. The predicted octanol–water partition coefficient (Wildman–Crippen LogP) is 2.23. The van der Waals surface area contributed by atoms with E-state index in [4.69, 9.17) is 5.73 Å². The Morgan fingerprint density at radius 2 is 1.76 bits per heavy atom. The number of carbonyl (C=O) groups excluding carboxylic acids is 3. The number of fused-ring (bicyclic) bond motifs is 1. The van der Waals surface area contributed by atoms with E-state index in [2.05, 4.69) is 5.32 Å². The third-order valence-electron chi connectivity index (χ3n) is 6.95. The maximum Gasteiger partial charge on any atom is 0.334 e. The van der Waals surface area contributed by atoms with Gasteiger partial charge in [0.2, 0.25) is 11.8 Å². The second-order valence-corrected chi connectivity index (χ2v) is 9.52. The molecule has 2 fully saturated rings. The summed E-state index contributed by atoms with van der Waals surface area (Å²) in [6, 6.07) is 14.2. The van der Waals surface area contributed by atoms with Crippen LogP contribution in [0.4, 0.5) is 13.6 Å². The molecule has 3 N–H and O–H groups in total. The molecule has 2 aliphatic heterocycles. The van der Waals surface area contributed by atoms with Crippen molar-refractivity contribution in [2.45, 2.75) is 44.4 Å². The largest absolute Gasteiger partial charge is 0.337 e. The maximum atomic E-state index is 14.1. The van der Waals surface area contributed by atoms with Crippen molar-refractivity contribution in [2.75, 3.05) is 33.0 Å². The number of nitrogens with two attached hydrogens (primary N) is 1. The summed E-state index contributed by atoms with van der Waals surface area (Å²) in [5, 5.41) is 5.01. The summed E-state index contributed by atoms with van der Waals surface area (Å²) in [6.07, 6.45) is 1.48. The van der Waals surface area contributed by atoms with Crippen LogP contribution in [0.25, 0.3) is 0 Å². The van der Waals surface area contributed by atoms with Crippen molar-refractivity contribution in [1.29, 1.82) is 0 Å². The van der Waals surface area contributed by atoms with Gasteiger partial charge in [0.1, 0.15) is 24.6 Å².